The van der Waals surface area contributed by atoms with Gasteiger partial charge in [-0.1, -0.05) is 0 Å². The molecule has 0 saturated heterocycles. The average Bonchev–Trinajstić information content (AvgIpc) is 2.53. The molecule has 5 nitrogen and oxygen atoms in total. The molecule has 0 unspecified atom stereocenters. The van der Waals surface area contributed by atoms with Gasteiger partial charge in [-0.15, -0.1) is 0 Å². The summed E-state index contributed by atoms with van der Waals surface area (Å²) in [6.07, 6.45) is 5.22. The van der Waals surface area contributed by atoms with E-state index in [0.717, 1.165) is 27.9 Å². The van der Waals surface area contributed by atoms with Gasteiger partial charge in [-0.2, -0.15) is 0 Å². The smallest absolute Gasteiger partial charge is 0.137 e. The summed E-state index contributed by atoms with van der Waals surface area (Å²) >= 11 is 0. The molecule has 2 N–H and O–H groups in total. The van der Waals surface area contributed by atoms with Gasteiger partial charge < -0.3 is 10.5 Å². The second-order valence-corrected chi connectivity index (χ2v) is 4.38. The van der Waals surface area contributed by atoms with E-state index < -0.39 is 0 Å². The Balaban J connectivity index is 2.11. The monoisotopic (exact) mass is 266 g/mol. The molecule has 0 amide bonds. The quantitative estimate of drug-likeness (QED) is 0.786. The Morgan fingerprint density at radius 1 is 1.15 bits per heavy atom. The Kier molecular flexibility index (Phi) is 3.26. The van der Waals surface area contributed by atoms with Crippen LogP contribution in [0, 0.1) is 0 Å². The first kappa shape index (κ1) is 12.5. The van der Waals surface area contributed by atoms with Crippen LogP contribution in [-0.4, -0.2) is 22.1 Å². The van der Waals surface area contributed by atoms with E-state index in [9.17, 15) is 0 Å². The molecule has 0 aliphatic rings. The summed E-state index contributed by atoms with van der Waals surface area (Å²) < 4.78 is 5.18. The largest absolute Gasteiger partial charge is 0.495 e. The summed E-state index contributed by atoms with van der Waals surface area (Å²) in [5.41, 5.74) is 9.07. The van der Waals surface area contributed by atoms with Gasteiger partial charge in [0.05, 0.1) is 30.2 Å². The van der Waals surface area contributed by atoms with E-state index in [-0.39, 0.29) is 0 Å². The lowest BCUT2D eigenvalue weighted by atomic mass is 10.1. The van der Waals surface area contributed by atoms with Crippen molar-refractivity contribution in [2.24, 2.45) is 5.73 Å². The van der Waals surface area contributed by atoms with Gasteiger partial charge in [-0.05, 0) is 24.3 Å². The molecule has 20 heavy (non-hydrogen) atoms. The molecule has 3 heterocycles. The summed E-state index contributed by atoms with van der Waals surface area (Å²) in [5, 5.41) is 0.988. The number of methoxy groups -OCH3 is 1. The predicted molar refractivity (Wildman–Crippen MR) is 77.2 cm³/mol. The number of ether oxygens (including phenoxy) is 1. The first-order valence-electron chi connectivity index (χ1n) is 6.25. The molecule has 3 rings (SSSR count). The lowest BCUT2D eigenvalue weighted by molar-refractivity contribution is 0.413. The van der Waals surface area contributed by atoms with E-state index in [4.69, 9.17) is 10.5 Å². The van der Waals surface area contributed by atoms with Gasteiger partial charge in [0.15, 0.2) is 0 Å². The van der Waals surface area contributed by atoms with Gasteiger partial charge in [0.1, 0.15) is 5.75 Å². The molecule has 0 aromatic carbocycles. The zero-order valence-electron chi connectivity index (χ0n) is 11.1. The van der Waals surface area contributed by atoms with Gasteiger partial charge in [0, 0.05) is 29.9 Å². The molecule has 0 fully saturated rings. The Morgan fingerprint density at radius 2 is 2.05 bits per heavy atom. The maximum atomic E-state index is 5.61. The SMILES string of the molecule is COc1cncc(-c2ccc3cnc(CN)cc3n2)c1. The highest BCUT2D eigenvalue weighted by Gasteiger charge is 2.04. The summed E-state index contributed by atoms with van der Waals surface area (Å²) in [7, 11) is 1.62. The average molecular weight is 266 g/mol. The minimum Gasteiger partial charge on any atom is -0.495 e. The number of fused-ring (bicyclic) bond motifs is 1. The number of nitrogens with two attached hydrogens (primary N) is 1. The Labute approximate surface area is 116 Å². The molecule has 3 aromatic heterocycles. The zero-order chi connectivity index (χ0) is 13.9. The normalized spacial score (nSPS) is 10.7. The number of rotatable bonds is 3. The van der Waals surface area contributed by atoms with E-state index in [1.807, 2.05) is 24.3 Å². The number of aromatic nitrogens is 3. The Morgan fingerprint density at radius 3 is 2.85 bits per heavy atom. The predicted octanol–water partition coefficient (Wildman–Crippen LogP) is 2.16. The molecule has 3 aromatic rings. The van der Waals surface area contributed by atoms with Gasteiger partial charge in [0.2, 0.25) is 0 Å². The van der Waals surface area contributed by atoms with Crippen molar-refractivity contribution in [2.45, 2.75) is 6.54 Å². The Hall–Kier alpha value is -2.53. The van der Waals surface area contributed by atoms with Crippen LogP contribution in [0.2, 0.25) is 0 Å². The highest BCUT2D eigenvalue weighted by atomic mass is 16.5. The second-order valence-electron chi connectivity index (χ2n) is 4.38. The molecule has 0 radical (unpaired) electrons. The summed E-state index contributed by atoms with van der Waals surface area (Å²) in [5.74, 6) is 0.710. The third-order valence-corrected chi connectivity index (χ3v) is 3.08. The van der Waals surface area contributed by atoms with Crippen molar-refractivity contribution in [3.63, 3.8) is 0 Å². The standard InChI is InChI=1S/C15H14N4O/c1-20-13-4-11(7-17-9-13)14-3-2-10-8-18-12(6-16)5-15(10)19-14/h2-5,7-9H,6,16H2,1H3. The third kappa shape index (κ3) is 2.31. The maximum absolute atomic E-state index is 5.61. The van der Waals surface area contributed by atoms with Crippen molar-refractivity contribution >= 4 is 10.9 Å². The lowest BCUT2D eigenvalue weighted by Crippen LogP contribution is -1.99. The topological polar surface area (TPSA) is 73.9 Å². The van der Waals surface area contributed by atoms with Gasteiger partial charge in [-0.3, -0.25) is 9.97 Å². The second kappa shape index (κ2) is 5.22. The first-order chi connectivity index (χ1) is 9.80. The van der Waals surface area contributed by atoms with E-state index in [1.54, 1.807) is 25.7 Å². The number of pyridine rings is 3. The molecular weight excluding hydrogens is 252 g/mol. The fourth-order valence-electron chi connectivity index (χ4n) is 2.00. The molecule has 0 aliphatic heterocycles. The minimum absolute atomic E-state index is 0.405. The van der Waals surface area contributed by atoms with Crippen LogP contribution >= 0.6 is 0 Å². The fraction of sp³-hybridized carbons (Fsp3) is 0.133. The number of hydrogen-bond donors (Lipinski definition) is 1. The van der Waals surface area contributed by atoms with Gasteiger partial charge in [-0.25, -0.2) is 4.98 Å². The van der Waals surface area contributed by atoms with E-state index >= 15 is 0 Å². The lowest BCUT2D eigenvalue weighted by Gasteiger charge is -2.05. The van der Waals surface area contributed by atoms with Crippen molar-refractivity contribution < 1.29 is 4.74 Å². The first-order valence-corrected chi connectivity index (χ1v) is 6.25. The highest BCUT2D eigenvalue weighted by molar-refractivity contribution is 5.81. The molecule has 100 valence electrons. The van der Waals surface area contributed by atoms with Crippen LogP contribution in [0.4, 0.5) is 0 Å². The summed E-state index contributed by atoms with van der Waals surface area (Å²) in [6.45, 7) is 0.405. The Bertz CT molecular complexity index is 758. The van der Waals surface area contributed by atoms with Crippen LogP contribution in [0.3, 0.4) is 0 Å². The van der Waals surface area contributed by atoms with E-state index in [2.05, 4.69) is 15.0 Å². The van der Waals surface area contributed by atoms with Crippen molar-refractivity contribution in [1.82, 2.24) is 15.0 Å². The molecule has 0 aliphatic carbocycles. The van der Waals surface area contributed by atoms with Crippen LogP contribution in [0.15, 0.2) is 42.9 Å². The van der Waals surface area contributed by atoms with Crippen molar-refractivity contribution in [3.8, 4) is 17.0 Å². The number of nitrogens with zero attached hydrogens (tertiary/aromatic N) is 3. The molecule has 0 bridgehead atoms. The van der Waals surface area contributed by atoms with Crippen molar-refractivity contribution in [2.75, 3.05) is 7.11 Å². The fourth-order valence-corrected chi connectivity index (χ4v) is 2.00. The molecule has 5 heteroatoms. The summed E-state index contributed by atoms with van der Waals surface area (Å²) in [6, 6.07) is 7.76. The molecule has 0 saturated carbocycles. The van der Waals surface area contributed by atoms with Gasteiger partial charge in [0.25, 0.3) is 0 Å². The van der Waals surface area contributed by atoms with Crippen LogP contribution in [0.1, 0.15) is 5.69 Å². The van der Waals surface area contributed by atoms with Crippen LogP contribution < -0.4 is 10.5 Å². The molecular formula is C15H14N4O. The van der Waals surface area contributed by atoms with Crippen molar-refractivity contribution in [1.29, 1.82) is 0 Å². The summed E-state index contributed by atoms with van der Waals surface area (Å²) in [4.78, 5) is 13.0. The minimum atomic E-state index is 0.405. The third-order valence-electron chi connectivity index (χ3n) is 3.08. The van der Waals surface area contributed by atoms with Gasteiger partial charge >= 0.3 is 0 Å². The zero-order valence-corrected chi connectivity index (χ0v) is 11.1. The maximum Gasteiger partial charge on any atom is 0.137 e. The van der Waals surface area contributed by atoms with Crippen LogP contribution in [0.5, 0.6) is 5.75 Å². The molecule has 0 atom stereocenters. The van der Waals surface area contributed by atoms with E-state index in [1.165, 1.54) is 0 Å². The van der Waals surface area contributed by atoms with E-state index in [0.29, 0.717) is 12.3 Å². The highest BCUT2D eigenvalue weighted by Crippen LogP contribution is 2.23. The van der Waals surface area contributed by atoms with Crippen molar-refractivity contribution in [3.05, 3.63) is 48.5 Å². The molecule has 0 spiro atoms. The van der Waals surface area contributed by atoms with Crippen LogP contribution in [0.25, 0.3) is 22.2 Å². The van der Waals surface area contributed by atoms with Crippen LogP contribution in [-0.2, 0) is 6.54 Å². The number of hydrogen-bond acceptors (Lipinski definition) is 5.